The van der Waals surface area contributed by atoms with Gasteiger partial charge in [0.1, 0.15) is 29.1 Å². The number of thiazole rings is 1. The summed E-state index contributed by atoms with van der Waals surface area (Å²) in [5, 5.41) is 9.67. The first-order chi connectivity index (χ1) is 20.2. The van der Waals surface area contributed by atoms with E-state index in [0.717, 1.165) is 11.3 Å². The largest absolute Gasteiger partial charge is 0.497 e. The van der Waals surface area contributed by atoms with Crippen LogP contribution in [0.25, 0.3) is 17.4 Å². The van der Waals surface area contributed by atoms with E-state index < -0.39 is 23.5 Å². The summed E-state index contributed by atoms with van der Waals surface area (Å²) in [6.45, 7) is 3.54. The van der Waals surface area contributed by atoms with Crippen molar-refractivity contribution in [1.82, 2.24) is 4.57 Å². The summed E-state index contributed by atoms with van der Waals surface area (Å²) in [7, 11) is 3.03. The smallest absolute Gasteiger partial charge is 0.338 e. The zero-order valence-corrected chi connectivity index (χ0v) is 24.5. The first-order valence-corrected chi connectivity index (χ1v) is 13.9. The van der Waals surface area contributed by atoms with Gasteiger partial charge in [-0.05, 0) is 56.3 Å². The van der Waals surface area contributed by atoms with Gasteiger partial charge in [-0.15, -0.1) is 0 Å². The molecule has 0 spiro atoms. The number of aromatic carboxylic acids is 1. The number of esters is 1. The molecule has 0 amide bonds. The fraction of sp³-hybridized carbons (Fsp3) is 0.200. The van der Waals surface area contributed by atoms with Crippen LogP contribution in [-0.4, -0.2) is 42.4 Å². The third-order valence-electron chi connectivity index (χ3n) is 6.63. The van der Waals surface area contributed by atoms with E-state index in [2.05, 4.69) is 4.99 Å². The van der Waals surface area contributed by atoms with Crippen LogP contribution in [0.2, 0.25) is 5.02 Å². The van der Waals surface area contributed by atoms with Crippen molar-refractivity contribution >= 4 is 41.0 Å². The van der Waals surface area contributed by atoms with E-state index >= 15 is 0 Å². The number of carbonyl (C=O) groups excluding carboxylic acids is 1. The molecule has 12 heteroatoms. The normalized spacial score (nSPS) is 14.8. The molecule has 1 N–H and O–H groups in total. The molecule has 2 aromatic carbocycles. The Hall–Kier alpha value is -4.61. The zero-order valence-electron chi connectivity index (χ0n) is 23.0. The van der Waals surface area contributed by atoms with E-state index in [1.54, 1.807) is 50.3 Å². The predicted octanol–water partition coefficient (Wildman–Crippen LogP) is 4.43. The molecule has 5 rings (SSSR count). The maximum Gasteiger partial charge on any atom is 0.338 e. The molecule has 2 aromatic heterocycles. The Kier molecular flexibility index (Phi) is 8.06. The number of furan rings is 1. The maximum absolute atomic E-state index is 13.9. The SMILES string of the molecule is CCOC(=O)C1=C(C)N=c2s/c(=C\c3ccc(-c4cc(C(=O)O)ccc4Cl)o3)c(=O)n2C1c1ccc(OC)cc1OC. The number of carboxylic acids is 1. The lowest BCUT2D eigenvalue weighted by Crippen LogP contribution is -2.40. The Bertz CT molecular complexity index is 1930. The fourth-order valence-corrected chi connectivity index (χ4v) is 5.92. The molecule has 0 bridgehead atoms. The molecule has 3 heterocycles. The van der Waals surface area contributed by atoms with Crippen LogP contribution in [0.5, 0.6) is 11.5 Å². The third kappa shape index (κ3) is 5.24. The molecule has 1 aliphatic rings. The van der Waals surface area contributed by atoms with Crippen molar-refractivity contribution in [2.24, 2.45) is 4.99 Å². The van der Waals surface area contributed by atoms with Gasteiger partial charge in [0.2, 0.25) is 0 Å². The van der Waals surface area contributed by atoms with Gasteiger partial charge in [-0.2, -0.15) is 0 Å². The summed E-state index contributed by atoms with van der Waals surface area (Å²) < 4.78 is 24.0. The van der Waals surface area contributed by atoms with E-state index in [-0.39, 0.29) is 17.7 Å². The van der Waals surface area contributed by atoms with Crippen LogP contribution in [0.15, 0.2) is 74.0 Å². The highest BCUT2D eigenvalue weighted by Crippen LogP contribution is 2.37. The van der Waals surface area contributed by atoms with Crippen molar-refractivity contribution in [3.63, 3.8) is 0 Å². The van der Waals surface area contributed by atoms with Crippen molar-refractivity contribution in [2.45, 2.75) is 19.9 Å². The molecule has 1 unspecified atom stereocenters. The molecule has 1 aliphatic heterocycles. The van der Waals surface area contributed by atoms with Crippen LogP contribution in [-0.2, 0) is 9.53 Å². The lowest BCUT2D eigenvalue weighted by atomic mass is 9.95. The van der Waals surface area contributed by atoms with Crippen LogP contribution >= 0.6 is 22.9 Å². The minimum Gasteiger partial charge on any atom is -0.497 e. The number of halogens is 1. The van der Waals surface area contributed by atoms with E-state index in [1.807, 2.05) is 0 Å². The lowest BCUT2D eigenvalue weighted by Gasteiger charge is -2.26. The number of hydrogen-bond donors (Lipinski definition) is 1. The standard InChI is InChI=1S/C30H25ClN2O8S/c1-5-40-29(37)25-15(2)32-30-33(26(25)19-9-7-17(38-3)13-23(19)39-4)27(34)24(42-30)14-18-8-11-22(41-18)20-12-16(28(35)36)6-10-21(20)31/h6-14,26H,5H2,1-4H3,(H,35,36)/b24-14-. The van der Waals surface area contributed by atoms with E-state index in [1.165, 1.54) is 37.0 Å². The second-order valence-corrected chi connectivity index (χ2v) is 10.5. The molecular formula is C30H25ClN2O8S. The van der Waals surface area contributed by atoms with Crippen molar-refractivity contribution in [1.29, 1.82) is 0 Å². The number of aromatic nitrogens is 1. The van der Waals surface area contributed by atoms with Gasteiger partial charge in [-0.25, -0.2) is 14.6 Å². The number of benzene rings is 2. The molecule has 0 saturated carbocycles. The number of allylic oxidation sites excluding steroid dienone is 1. The van der Waals surface area contributed by atoms with Crippen molar-refractivity contribution in [3.05, 3.63) is 101 Å². The quantitative estimate of drug-likeness (QED) is 0.291. The van der Waals surface area contributed by atoms with Gasteiger partial charge in [0, 0.05) is 23.3 Å². The molecule has 0 saturated heterocycles. The minimum absolute atomic E-state index is 0.0578. The monoisotopic (exact) mass is 608 g/mol. The highest BCUT2D eigenvalue weighted by Gasteiger charge is 2.35. The Morgan fingerprint density at radius 3 is 2.62 bits per heavy atom. The summed E-state index contributed by atoms with van der Waals surface area (Å²) >= 11 is 7.44. The van der Waals surface area contributed by atoms with Crippen LogP contribution in [0, 0.1) is 0 Å². The van der Waals surface area contributed by atoms with Crippen LogP contribution in [0.3, 0.4) is 0 Å². The highest BCUT2D eigenvalue weighted by atomic mass is 35.5. The average Bonchev–Trinajstić information content (AvgIpc) is 3.56. The number of hydrogen-bond acceptors (Lipinski definition) is 9. The van der Waals surface area contributed by atoms with Crippen LogP contribution in [0.1, 0.15) is 41.6 Å². The Labute approximate surface area is 248 Å². The van der Waals surface area contributed by atoms with Gasteiger partial charge >= 0.3 is 11.9 Å². The zero-order chi connectivity index (χ0) is 30.1. The first-order valence-electron chi connectivity index (χ1n) is 12.7. The van der Waals surface area contributed by atoms with Gasteiger partial charge in [0.25, 0.3) is 5.56 Å². The molecule has 42 heavy (non-hydrogen) atoms. The molecule has 0 aliphatic carbocycles. The number of carbonyl (C=O) groups is 2. The Balaban J connectivity index is 1.66. The fourth-order valence-electron chi connectivity index (χ4n) is 4.68. The van der Waals surface area contributed by atoms with Crippen LogP contribution in [0.4, 0.5) is 0 Å². The molecule has 0 radical (unpaired) electrons. The highest BCUT2D eigenvalue weighted by molar-refractivity contribution is 7.07. The van der Waals surface area contributed by atoms with Gasteiger partial charge in [0.05, 0.1) is 47.2 Å². The molecule has 10 nitrogen and oxygen atoms in total. The summed E-state index contributed by atoms with van der Waals surface area (Å²) in [4.78, 5) is 43.5. The van der Waals surface area contributed by atoms with Crippen molar-refractivity contribution in [2.75, 3.05) is 20.8 Å². The second kappa shape index (κ2) is 11.7. The summed E-state index contributed by atoms with van der Waals surface area (Å²) in [5.74, 6) is -0.0469. The number of methoxy groups -OCH3 is 2. The topological polar surface area (TPSA) is 130 Å². The van der Waals surface area contributed by atoms with Gasteiger partial charge in [-0.3, -0.25) is 9.36 Å². The number of fused-ring (bicyclic) bond motifs is 1. The maximum atomic E-state index is 13.9. The second-order valence-electron chi connectivity index (χ2n) is 9.11. The number of rotatable bonds is 8. The average molecular weight is 609 g/mol. The summed E-state index contributed by atoms with van der Waals surface area (Å²) in [5.41, 5.74) is 1.24. The molecule has 4 aromatic rings. The predicted molar refractivity (Wildman–Crippen MR) is 156 cm³/mol. The Morgan fingerprint density at radius 2 is 1.93 bits per heavy atom. The number of carboxylic acid groups (broad SMARTS) is 1. The number of ether oxygens (including phenoxy) is 3. The third-order valence-corrected chi connectivity index (χ3v) is 7.94. The van der Waals surface area contributed by atoms with E-state index in [9.17, 15) is 19.5 Å². The van der Waals surface area contributed by atoms with Crippen molar-refractivity contribution in [3.8, 4) is 22.8 Å². The molecule has 216 valence electrons. The summed E-state index contributed by atoms with van der Waals surface area (Å²) in [6, 6.07) is 11.9. The minimum atomic E-state index is -1.10. The van der Waals surface area contributed by atoms with Gasteiger partial charge < -0.3 is 23.7 Å². The first kappa shape index (κ1) is 28.9. The van der Waals surface area contributed by atoms with E-state index in [0.29, 0.717) is 54.2 Å². The number of nitrogens with zero attached hydrogens (tertiary/aromatic N) is 2. The summed E-state index contributed by atoms with van der Waals surface area (Å²) in [6.07, 6.45) is 1.56. The molecule has 0 fully saturated rings. The van der Waals surface area contributed by atoms with Gasteiger partial charge in [0.15, 0.2) is 4.80 Å². The van der Waals surface area contributed by atoms with Gasteiger partial charge in [-0.1, -0.05) is 22.9 Å². The molecule has 1 atom stereocenters. The van der Waals surface area contributed by atoms with Crippen molar-refractivity contribution < 1.29 is 33.3 Å². The molecular weight excluding hydrogens is 584 g/mol. The van der Waals surface area contributed by atoms with E-state index in [4.69, 9.17) is 30.2 Å². The lowest BCUT2D eigenvalue weighted by molar-refractivity contribution is -0.139. The van der Waals surface area contributed by atoms with Crippen LogP contribution < -0.4 is 24.4 Å². The Morgan fingerprint density at radius 1 is 1.14 bits per heavy atom.